The quantitative estimate of drug-likeness (QED) is 0.385. The van der Waals surface area contributed by atoms with E-state index in [-0.39, 0.29) is 0 Å². The van der Waals surface area contributed by atoms with Crippen molar-refractivity contribution in [3.8, 4) is 28.5 Å². The first-order valence-corrected chi connectivity index (χ1v) is 9.62. The summed E-state index contributed by atoms with van der Waals surface area (Å²) in [6.07, 6.45) is 6.53. The van der Waals surface area contributed by atoms with Gasteiger partial charge in [-0.3, -0.25) is 0 Å². The van der Waals surface area contributed by atoms with Crippen LogP contribution in [0, 0.1) is 0 Å². The van der Waals surface area contributed by atoms with Crippen molar-refractivity contribution in [1.82, 2.24) is 4.98 Å². The Morgan fingerprint density at radius 2 is 1.67 bits per heavy atom. The van der Waals surface area contributed by atoms with Gasteiger partial charge in [-0.05, 0) is 43.2 Å². The van der Waals surface area contributed by atoms with Crippen molar-refractivity contribution in [3.05, 3.63) is 66.9 Å². The van der Waals surface area contributed by atoms with Gasteiger partial charge in [0.25, 0.3) is 0 Å². The summed E-state index contributed by atoms with van der Waals surface area (Å²) in [5.41, 5.74) is 4.98. The Bertz CT molecular complexity index is 860. The molecule has 27 heavy (non-hydrogen) atoms. The highest BCUT2D eigenvalue weighted by molar-refractivity contribution is 5.67. The third-order valence-electron chi connectivity index (χ3n) is 4.55. The van der Waals surface area contributed by atoms with Gasteiger partial charge in [0.15, 0.2) is 0 Å². The second-order valence-corrected chi connectivity index (χ2v) is 6.83. The van der Waals surface area contributed by atoms with E-state index >= 15 is 0 Å². The van der Waals surface area contributed by atoms with E-state index in [9.17, 15) is 0 Å². The summed E-state index contributed by atoms with van der Waals surface area (Å²) in [6, 6.07) is 16.1. The lowest BCUT2D eigenvalue weighted by Crippen LogP contribution is -1.96. The fourth-order valence-electron chi connectivity index (χ4n) is 2.88. The van der Waals surface area contributed by atoms with E-state index in [0.29, 0.717) is 5.89 Å². The Morgan fingerprint density at radius 3 is 2.33 bits per heavy atom. The number of allylic oxidation sites excluding steroid dienone is 1. The number of hydrogen-bond acceptors (Lipinski definition) is 3. The number of benzene rings is 2. The molecule has 0 saturated heterocycles. The molecular formula is C24H27NO2. The van der Waals surface area contributed by atoms with Crippen molar-refractivity contribution >= 4 is 5.57 Å². The number of unbranched alkanes of at least 4 members (excludes halogenated alkanes) is 3. The van der Waals surface area contributed by atoms with Gasteiger partial charge < -0.3 is 9.15 Å². The number of nitrogens with zero attached hydrogens (tertiary/aromatic N) is 1. The molecule has 0 aliphatic rings. The largest absolute Gasteiger partial charge is 0.494 e. The highest BCUT2D eigenvalue weighted by Crippen LogP contribution is 2.27. The van der Waals surface area contributed by atoms with Crippen molar-refractivity contribution in [2.24, 2.45) is 0 Å². The molecule has 1 aromatic heterocycles. The zero-order valence-corrected chi connectivity index (χ0v) is 16.2. The summed E-state index contributed by atoms with van der Waals surface area (Å²) in [5.74, 6) is 1.50. The van der Waals surface area contributed by atoms with Gasteiger partial charge in [0.2, 0.25) is 5.89 Å². The van der Waals surface area contributed by atoms with Crippen LogP contribution >= 0.6 is 0 Å². The van der Waals surface area contributed by atoms with Crippen molar-refractivity contribution in [1.29, 1.82) is 0 Å². The van der Waals surface area contributed by atoms with E-state index < -0.39 is 0 Å². The Kier molecular flexibility index (Phi) is 6.48. The fraction of sp³-hybridized carbons (Fsp3) is 0.292. The summed E-state index contributed by atoms with van der Waals surface area (Å²) in [4.78, 5) is 4.62. The molecule has 2 aromatic carbocycles. The lowest BCUT2D eigenvalue weighted by Gasteiger charge is -2.06. The minimum Gasteiger partial charge on any atom is -0.494 e. The van der Waals surface area contributed by atoms with Crippen molar-refractivity contribution in [2.45, 2.75) is 39.5 Å². The highest BCUT2D eigenvalue weighted by atomic mass is 16.5. The zero-order valence-electron chi connectivity index (χ0n) is 16.2. The number of hydrogen-bond donors (Lipinski definition) is 0. The van der Waals surface area contributed by atoms with Crippen LogP contribution in [-0.2, 0) is 0 Å². The summed E-state index contributed by atoms with van der Waals surface area (Å²) >= 11 is 0. The summed E-state index contributed by atoms with van der Waals surface area (Å²) < 4.78 is 11.5. The first kappa shape index (κ1) is 19.0. The predicted molar refractivity (Wildman–Crippen MR) is 112 cm³/mol. The summed E-state index contributed by atoms with van der Waals surface area (Å²) in [7, 11) is 0. The zero-order chi connectivity index (χ0) is 19.1. The molecule has 1 heterocycles. The Hall–Kier alpha value is -2.81. The molecule has 0 amide bonds. The van der Waals surface area contributed by atoms with Crippen LogP contribution in [0.15, 0.2) is 65.8 Å². The van der Waals surface area contributed by atoms with Crippen LogP contribution < -0.4 is 4.74 Å². The second kappa shape index (κ2) is 9.22. The molecule has 3 aromatic rings. The fourth-order valence-corrected chi connectivity index (χ4v) is 2.88. The molecular weight excluding hydrogens is 334 g/mol. The lowest BCUT2D eigenvalue weighted by molar-refractivity contribution is 0.305. The van der Waals surface area contributed by atoms with E-state index in [1.54, 1.807) is 6.26 Å². The first-order valence-electron chi connectivity index (χ1n) is 9.62. The van der Waals surface area contributed by atoms with Gasteiger partial charge in [0.1, 0.15) is 17.7 Å². The normalized spacial score (nSPS) is 10.7. The predicted octanol–water partition coefficient (Wildman–Crippen LogP) is 7.00. The Labute approximate surface area is 161 Å². The molecule has 0 N–H and O–H groups in total. The number of aromatic nitrogens is 1. The van der Waals surface area contributed by atoms with Gasteiger partial charge in [-0.25, -0.2) is 4.98 Å². The molecule has 0 bridgehead atoms. The maximum absolute atomic E-state index is 5.79. The van der Waals surface area contributed by atoms with Gasteiger partial charge in [-0.15, -0.1) is 0 Å². The number of ether oxygens (including phenoxy) is 1. The van der Waals surface area contributed by atoms with Crippen molar-refractivity contribution < 1.29 is 9.15 Å². The Morgan fingerprint density at radius 1 is 0.963 bits per heavy atom. The summed E-state index contributed by atoms with van der Waals surface area (Å²) in [5, 5.41) is 0. The minimum atomic E-state index is 0.614. The third-order valence-corrected chi connectivity index (χ3v) is 4.55. The van der Waals surface area contributed by atoms with Crippen LogP contribution in [0.25, 0.3) is 28.3 Å². The SMILES string of the molecule is C=C(C)c1ccc(-c2coc(-c3ccc(OCCCCCC)cc3)n2)cc1. The van der Waals surface area contributed by atoms with Crippen LogP contribution in [0.5, 0.6) is 5.75 Å². The molecule has 0 saturated carbocycles. The molecule has 0 fully saturated rings. The van der Waals surface area contributed by atoms with Gasteiger partial charge in [-0.1, -0.05) is 62.6 Å². The maximum atomic E-state index is 5.79. The third kappa shape index (κ3) is 5.10. The molecule has 140 valence electrons. The van der Waals surface area contributed by atoms with E-state index in [1.165, 1.54) is 19.3 Å². The highest BCUT2D eigenvalue weighted by Gasteiger charge is 2.09. The molecule has 0 aliphatic carbocycles. The maximum Gasteiger partial charge on any atom is 0.226 e. The number of rotatable bonds is 9. The minimum absolute atomic E-state index is 0.614. The molecule has 3 heteroatoms. The summed E-state index contributed by atoms with van der Waals surface area (Å²) in [6.45, 7) is 8.95. The van der Waals surface area contributed by atoms with Gasteiger partial charge in [0.05, 0.1) is 6.61 Å². The second-order valence-electron chi connectivity index (χ2n) is 6.83. The van der Waals surface area contributed by atoms with Crippen LogP contribution in [0.3, 0.4) is 0 Å². The molecule has 0 atom stereocenters. The van der Waals surface area contributed by atoms with E-state index in [2.05, 4.69) is 30.6 Å². The molecule has 0 aliphatic heterocycles. The van der Waals surface area contributed by atoms with Gasteiger partial charge >= 0.3 is 0 Å². The van der Waals surface area contributed by atoms with Crippen molar-refractivity contribution in [2.75, 3.05) is 6.61 Å². The average molecular weight is 361 g/mol. The van der Waals surface area contributed by atoms with Crippen LogP contribution in [0.4, 0.5) is 0 Å². The van der Waals surface area contributed by atoms with Gasteiger partial charge in [-0.2, -0.15) is 0 Å². The topological polar surface area (TPSA) is 35.3 Å². The molecule has 0 unspecified atom stereocenters. The number of oxazole rings is 1. The van der Waals surface area contributed by atoms with E-state index in [1.807, 2.05) is 43.3 Å². The monoisotopic (exact) mass is 361 g/mol. The van der Waals surface area contributed by atoms with E-state index in [0.717, 1.165) is 46.7 Å². The Balaban J connectivity index is 1.63. The van der Waals surface area contributed by atoms with E-state index in [4.69, 9.17) is 9.15 Å². The first-order chi connectivity index (χ1) is 13.2. The van der Waals surface area contributed by atoms with Crippen molar-refractivity contribution in [3.63, 3.8) is 0 Å². The van der Waals surface area contributed by atoms with Crippen LogP contribution in [0.2, 0.25) is 0 Å². The average Bonchev–Trinajstić information content (AvgIpc) is 3.18. The van der Waals surface area contributed by atoms with Gasteiger partial charge in [0, 0.05) is 11.1 Å². The van der Waals surface area contributed by atoms with Crippen LogP contribution in [0.1, 0.15) is 45.1 Å². The standard InChI is InChI=1S/C24H27NO2/c1-4-5-6-7-16-26-22-14-12-21(13-15-22)24-25-23(17-27-24)20-10-8-19(9-11-20)18(2)3/h8-15,17H,2,4-7,16H2,1,3H3. The molecule has 3 rings (SSSR count). The molecule has 0 radical (unpaired) electrons. The lowest BCUT2D eigenvalue weighted by atomic mass is 10.1. The smallest absolute Gasteiger partial charge is 0.226 e. The molecule has 3 nitrogen and oxygen atoms in total. The molecule has 0 spiro atoms. The van der Waals surface area contributed by atoms with Crippen LogP contribution in [-0.4, -0.2) is 11.6 Å².